The molecule has 0 aliphatic carbocycles. The third-order valence-electron chi connectivity index (χ3n) is 2.26. The van der Waals surface area contributed by atoms with Gasteiger partial charge in [-0.1, -0.05) is 0 Å². The molecule has 1 rings (SSSR count). The third-order valence-corrected chi connectivity index (χ3v) is 6.05. The molecule has 19 heavy (non-hydrogen) atoms. The fourth-order valence-electron chi connectivity index (χ4n) is 1.40. The fraction of sp³-hybridized carbons (Fsp3) is 0.600. The van der Waals surface area contributed by atoms with Gasteiger partial charge in [-0.15, -0.1) is 22.9 Å². The molecule has 0 atom stereocenters. The summed E-state index contributed by atoms with van der Waals surface area (Å²) in [7, 11) is -4.15. The summed E-state index contributed by atoms with van der Waals surface area (Å²) in [5.74, 6) is 0.118. The number of sulfonamides is 1. The molecule has 0 unspecified atom stereocenters. The molecule has 0 N–H and O–H groups in total. The molecule has 0 amide bonds. The van der Waals surface area contributed by atoms with Crippen molar-refractivity contribution in [3.05, 3.63) is 17.0 Å². The van der Waals surface area contributed by atoms with Crippen LogP contribution in [0.1, 0.15) is 19.4 Å². The molecule has 9 heteroatoms. The van der Waals surface area contributed by atoms with Crippen molar-refractivity contribution < 1.29 is 21.6 Å². The molecule has 110 valence electrons. The Morgan fingerprint density at radius 2 is 2.00 bits per heavy atom. The zero-order valence-corrected chi connectivity index (χ0v) is 12.6. The van der Waals surface area contributed by atoms with E-state index >= 15 is 0 Å². The molecule has 3 nitrogen and oxygen atoms in total. The van der Waals surface area contributed by atoms with Crippen molar-refractivity contribution in [2.24, 2.45) is 0 Å². The number of hydrogen-bond acceptors (Lipinski definition) is 3. The van der Waals surface area contributed by atoms with Gasteiger partial charge < -0.3 is 0 Å². The zero-order valence-electron chi connectivity index (χ0n) is 10.2. The van der Waals surface area contributed by atoms with E-state index in [0.29, 0.717) is 9.87 Å². The Balaban J connectivity index is 3.13. The van der Waals surface area contributed by atoms with Gasteiger partial charge in [-0.3, -0.25) is 0 Å². The van der Waals surface area contributed by atoms with E-state index in [2.05, 4.69) is 0 Å². The summed E-state index contributed by atoms with van der Waals surface area (Å²) >= 11 is 6.43. The molecular weight excluding hydrogens is 323 g/mol. The van der Waals surface area contributed by atoms with Crippen molar-refractivity contribution in [1.82, 2.24) is 4.31 Å². The lowest BCUT2D eigenvalue weighted by molar-refractivity contribution is -0.138. The predicted molar refractivity (Wildman–Crippen MR) is 69.0 cm³/mol. The van der Waals surface area contributed by atoms with Crippen LogP contribution >= 0.6 is 22.9 Å². The molecule has 1 aromatic heterocycles. The summed E-state index contributed by atoms with van der Waals surface area (Å²) in [6.07, 6.45) is -4.58. The van der Waals surface area contributed by atoms with E-state index in [0.717, 1.165) is 11.3 Å². The van der Waals surface area contributed by atoms with Crippen molar-refractivity contribution in [2.75, 3.05) is 6.54 Å². The Hall–Kier alpha value is -0.310. The number of rotatable bonds is 5. The van der Waals surface area contributed by atoms with Crippen LogP contribution in [0.25, 0.3) is 0 Å². The molecule has 0 radical (unpaired) electrons. The van der Waals surface area contributed by atoms with Crippen LogP contribution in [0.15, 0.2) is 15.7 Å². The molecule has 0 bridgehead atoms. The average Bonchev–Trinajstić information content (AvgIpc) is 2.73. The summed E-state index contributed by atoms with van der Waals surface area (Å²) in [5, 5.41) is 1.52. The van der Waals surface area contributed by atoms with Crippen LogP contribution in [0.4, 0.5) is 13.2 Å². The smallest absolute Gasteiger partial charge is 0.206 e. The van der Waals surface area contributed by atoms with E-state index in [9.17, 15) is 21.6 Å². The van der Waals surface area contributed by atoms with Gasteiger partial charge in [-0.25, -0.2) is 8.42 Å². The highest BCUT2D eigenvalue weighted by Crippen LogP contribution is 2.28. The molecular formula is C10H13ClF3NO2S2. The lowest BCUT2D eigenvalue weighted by atomic mass is 10.4. The summed E-state index contributed by atoms with van der Waals surface area (Å²) in [6, 6.07) is 0.520. The van der Waals surface area contributed by atoms with Gasteiger partial charge in [0.15, 0.2) is 0 Å². The summed E-state index contributed by atoms with van der Waals surface area (Å²) < 4.78 is 62.0. The van der Waals surface area contributed by atoms with E-state index in [1.807, 2.05) is 0 Å². The quantitative estimate of drug-likeness (QED) is 0.773. The average molecular weight is 336 g/mol. The molecule has 1 heterocycles. The molecule has 0 saturated heterocycles. The zero-order chi connectivity index (χ0) is 14.8. The highest BCUT2D eigenvalue weighted by Gasteiger charge is 2.38. The summed E-state index contributed by atoms with van der Waals surface area (Å²) in [4.78, 5) is 0. The number of alkyl halides is 4. The van der Waals surface area contributed by atoms with Crippen molar-refractivity contribution >= 4 is 33.0 Å². The first-order chi connectivity index (χ1) is 8.58. The van der Waals surface area contributed by atoms with E-state index < -0.39 is 28.8 Å². The lowest BCUT2D eigenvalue weighted by Crippen LogP contribution is -2.42. The predicted octanol–water partition coefficient (Wildman–Crippen LogP) is 3.45. The van der Waals surface area contributed by atoms with Crippen molar-refractivity contribution in [2.45, 2.75) is 36.2 Å². The van der Waals surface area contributed by atoms with Crippen LogP contribution in [0.2, 0.25) is 0 Å². The molecule has 0 saturated carbocycles. The minimum Gasteiger partial charge on any atom is -0.206 e. The Morgan fingerprint density at radius 1 is 1.42 bits per heavy atom. The second-order valence-corrected chi connectivity index (χ2v) is 7.46. The molecule has 0 aliphatic rings. The van der Waals surface area contributed by atoms with Gasteiger partial charge in [0, 0.05) is 11.9 Å². The van der Waals surface area contributed by atoms with E-state index in [1.54, 1.807) is 0 Å². The van der Waals surface area contributed by atoms with Crippen LogP contribution in [0.3, 0.4) is 0 Å². The molecule has 0 spiro atoms. The maximum atomic E-state index is 12.5. The highest BCUT2D eigenvalue weighted by atomic mass is 35.5. The molecule has 1 aromatic rings. The van der Waals surface area contributed by atoms with E-state index in [-0.39, 0.29) is 10.1 Å². The second-order valence-electron chi connectivity index (χ2n) is 4.17. The Labute approximate surface area is 119 Å². The van der Waals surface area contributed by atoms with Crippen LogP contribution < -0.4 is 0 Å². The van der Waals surface area contributed by atoms with E-state index in [1.165, 1.54) is 25.3 Å². The normalized spacial score (nSPS) is 13.5. The third kappa shape index (κ3) is 4.34. The fourth-order valence-corrected chi connectivity index (χ4v) is 4.60. The molecule has 0 aromatic carbocycles. The Kier molecular flexibility index (Phi) is 5.28. The van der Waals surface area contributed by atoms with Crippen LogP contribution in [-0.4, -0.2) is 31.5 Å². The maximum Gasteiger partial charge on any atom is 0.402 e. The van der Waals surface area contributed by atoms with Gasteiger partial charge in [0.2, 0.25) is 0 Å². The SMILES string of the molecule is CC(C)N(CC(F)(F)F)S(=O)(=O)c1cc(CCl)cs1. The van der Waals surface area contributed by atoms with Gasteiger partial charge in [-0.2, -0.15) is 17.5 Å². The van der Waals surface area contributed by atoms with E-state index in [4.69, 9.17) is 11.6 Å². The molecule has 0 aliphatic heterocycles. The summed E-state index contributed by atoms with van der Waals surface area (Å²) in [6.45, 7) is 1.31. The number of halogens is 4. The van der Waals surface area contributed by atoms with Crippen molar-refractivity contribution in [1.29, 1.82) is 0 Å². The maximum absolute atomic E-state index is 12.5. The van der Waals surface area contributed by atoms with Crippen molar-refractivity contribution in [3.63, 3.8) is 0 Å². The van der Waals surface area contributed by atoms with Crippen LogP contribution in [0, 0.1) is 0 Å². The monoisotopic (exact) mass is 335 g/mol. The van der Waals surface area contributed by atoms with Gasteiger partial charge in [-0.05, 0) is 30.9 Å². The van der Waals surface area contributed by atoms with Gasteiger partial charge in [0.05, 0.1) is 0 Å². The number of hydrogen-bond donors (Lipinski definition) is 0. The Morgan fingerprint density at radius 3 is 2.37 bits per heavy atom. The largest absolute Gasteiger partial charge is 0.402 e. The first-order valence-electron chi connectivity index (χ1n) is 5.30. The van der Waals surface area contributed by atoms with Gasteiger partial charge in [0.1, 0.15) is 10.8 Å². The van der Waals surface area contributed by atoms with Crippen molar-refractivity contribution in [3.8, 4) is 0 Å². The highest BCUT2D eigenvalue weighted by molar-refractivity contribution is 7.91. The van der Waals surface area contributed by atoms with Crippen LogP contribution in [0.5, 0.6) is 0 Å². The number of thiophene rings is 1. The Bertz CT molecular complexity index is 525. The first-order valence-corrected chi connectivity index (χ1v) is 8.15. The lowest BCUT2D eigenvalue weighted by Gasteiger charge is -2.26. The number of nitrogens with zero attached hydrogens (tertiary/aromatic N) is 1. The molecule has 0 fully saturated rings. The standard InChI is InChI=1S/C10H13ClF3NO2S2/c1-7(2)15(6-10(12,13)14)19(16,17)9-3-8(4-11)5-18-9/h3,5,7H,4,6H2,1-2H3. The van der Waals surface area contributed by atoms with Crippen LogP contribution in [-0.2, 0) is 15.9 Å². The first kappa shape index (κ1) is 16.7. The topological polar surface area (TPSA) is 37.4 Å². The summed E-state index contributed by atoms with van der Waals surface area (Å²) in [5.41, 5.74) is 0.570. The second kappa shape index (κ2) is 5.99. The van der Waals surface area contributed by atoms with Gasteiger partial charge in [0.25, 0.3) is 10.0 Å². The van der Waals surface area contributed by atoms with Gasteiger partial charge >= 0.3 is 6.18 Å². The minimum absolute atomic E-state index is 0.118. The minimum atomic E-state index is -4.58.